The minimum atomic E-state index is -0.194. The van der Waals surface area contributed by atoms with Gasteiger partial charge in [-0.05, 0) is 42.5 Å². The zero-order chi connectivity index (χ0) is 24.8. The topological polar surface area (TPSA) is 112 Å². The van der Waals surface area contributed by atoms with E-state index in [0.29, 0.717) is 58.6 Å². The Balaban J connectivity index is 0.00000361. The molecule has 190 valence electrons. The van der Waals surface area contributed by atoms with Gasteiger partial charge in [0, 0.05) is 11.3 Å². The Bertz CT molecular complexity index is 1260. The van der Waals surface area contributed by atoms with E-state index in [1.807, 2.05) is 49.5 Å². The second kappa shape index (κ2) is 12.0. The van der Waals surface area contributed by atoms with Gasteiger partial charge in [0.2, 0.25) is 0 Å². The van der Waals surface area contributed by atoms with Crippen molar-refractivity contribution in [2.24, 2.45) is 0 Å². The zero-order valence-corrected chi connectivity index (χ0v) is 20.8. The van der Waals surface area contributed by atoms with Crippen LogP contribution in [0, 0.1) is 0 Å². The number of aliphatic hydroxyl groups is 2. The third kappa shape index (κ3) is 6.00. The number of aromatic nitrogens is 3. The number of likely N-dealkylation sites (N-methyl/N-ethyl adjacent to an activating group) is 1. The molecule has 0 bridgehead atoms. The van der Waals surface area contributed by atoms with Gasteiger partial charge < -0.3 is 37.1 Å². The molecule has 3 N–H and O–H groups in total. The summed E-state index contributed by atoms with van der Waals surface area (Å²) in [5, 5.41) is 38.6. The number of carbonyl (C=O) groups is 1. The fourth-order valence-electron chi connectivity index (χ4n) is 4.05. The smallest absolute Gasteiger partial charge is 0.258 e. The number of hydrogen-bond acceptors (Lipinski definition) is 6. The minimum absolute atomic E-state index is 0. The molecule has 0 unspecified atom stereocenters. The average molecular weight is 512 g/mol. The Morgan fingerprint density at radius 2 is 1.47 bits per heavy atom. The summed E-state index contributed by atoms with van der Waals surface area (Å²) in [5.74, 6) is -0.206. The van der Waals surface area contributed by atoms with Crippen LogP contribution in [0.3, 0.4) is 0 Å². The van der Waals surface area contributed by atoms with Gasteiger partial charge in [0.25, 0.3) is 5.91 Å². The summed E-state index contributed by atoms with van der Waals surface area (Å²) in [6, 6.07) is 21.3. The van der Waals surface area contributed by atoms with Crippen molar-refractivity contribution >= 4 is 22.6 Å². The number of amides is 1. The maximum atomic E-state index is 13.6. The van der Waals surface area contributed by atoms with Crippen LogP contribution >= 0.6 is 0 Å². The lowest BCUT2D eigenvalue weighted by Crippen LogP contribution is -3.00. The molecule has 0 radical (unpaired) electrons. The van der Waals surface area contributed by atoms with E-state index in [9.17, 15) is 20.1 Å². The van der Waals surface area contributed by atoms with Crippen LogP contribution in [0.5, 0.6) is 5.75 Å². The van der Waals surface area contributed by atoms with Crippen LogP contribution in [0.15, 0.2) is 72.8 Å². The molecule has 0 saturated heterocycles. The van der Waals surface area contributed by atoms with Crippen molar-refractivity contribution in [2.45, 2.75) is 0 Å². The van der Waals surface area contributed by atoms with Crippen LogP contribution in [-0.4, -0.2) is 87.1 Å². The number of carbonyl (C=O) groups excluding carboxylic acids is 1. The van der Waals surface area contributed by atoms with Gasteiger partial charge >= 0.3 is 0 Å². The Kier molecular flexibility index (Phi) is 9.00. The Hall–Kier alpha value is -3.50. The van der Waals surface area contributed by atoms with Gasteiger partial charge in [0.15, 0.2) is 0 Å². The van der Waals surface area contributed by atoms with E-state index in [-0.39, 0.29) is 37.3 Å². The van der Waals surface area contributed by atoms with E-state index in [1.165, 1.54) is 10.9 Å². The number of fused-ring (bicyclic) bond motifs is 1. The molecule has 0 aliphatic rings. The number of halogens is 1. The Morgan fingerprint density at radius 1 is 0.889 bits per heavy atom. The Morgan fingerprint density at radius 3 is 2.06 bits per heavy atom. The first kappa shape index (κ1) is 27.1. The molecule has 0 spiro atoms. The van der Waals surface area contributed by atoms with Gasteiger partial charge in [-0.25, -0.2) is 0 Å². The largest absolute Gasteiger partial charge is 1.00 e. The van der Waals surface area contributed by atoms with Crippen LogP contribution in [0.1, 0.15) is 10.4 Å². The fourth-order valence-corrected chi connectivity index (χ4v) is 4.05. The number of aromatic hydroxyl groups is 1. The summed E-state index contributed by atoms with van der Waals surface area (Å²) in [6.07, 6.45) is 0. The number of phenolic OH excluding ortho intramolecular Hbond substituents is 1. The number of rotatable bonds is 10. The van der Waals surface area contributed by atoms with Crippen molar-refractivity contribution in [3.63, 3.8) is 0 Å². The summed E-state index contributed by atoms with van der Waals surface area (Å²) >= 11 is 0. The second-order valence-corrected chi connectivity index (χ2v) is 8.71. The highest BCUT2D eigenvalue weighted by Gasteiger charge is 2.26. The first-order valence-corrected chi connectivity index (χ1v) is 11.5. The number of hydrogen-bond donors (Lipinski definition) is 3. The lowest BCUT2D eigenvalue weighted by Gasteiger charge is -2.35. The van der Waals surface area contributed by atoms with Crippen molar-refractivity contribution in [3.05, 3.63) is 78.4 Å². The van der Waals surface area contributed by atoms with E-state index in [2.05, 4.69) is 10.2 Å². The van der Waals surface area contributed by atoms with Crippen LogP contribution in [0.2, 0.25) is 0 Å². The van der Waals surface area contributed by atoms with Gasteiger partial charge in [-0.15, -0.1) is 15.0 Å². The molecular weight excluding hydrogens is 482 g/mol. The number of quaternary nitrogens is 1. The molecule has 3 aromatic carbocycles. The molecule has 1 aromatic heterocycles. The SMILES string of the molecule is C[N+](CCO)(CCO)CCN(C(=O)c1ccccc1)c1ccc(O)c(-n2nc3ccccc3n2)c1.[Cl-]. The quantitative estimate of drug-likeness (QED) is 0.241. The molecule has 0 aliphatic heterocycles. The van der Waals surface area contributed by atoms with Crippen LogP contribution in [-0.2, 0) is 0 Å². The molecular formula is C26H30ClN5O4. The van der Waals surface area contributed by atoms with Gasteiger partial charge in [-0.2, -0.15) is 0 Å². The molecule has 0 atom stereocenters. The third-order valence-corrected chi connectivity index (χ3v) is 6.18. The fraction of sp³-hybridized carbons (Fsp3) is 0.269. The molecule has 0 saturated carbocycles. The van der Waals surface area contributed by atoms with Crippen molar-refractivity contribution in [1.82, 2.24) is 15.0 Å². The predicted molar refractivity (Wildman–Crippen MR) is 134 cm³/mol. The maximum absolute atomic E-state index is 13.6. The van der Waals surface area contributed by atoms with Crippen molar-refractivity contribution in [2.75, 3.05) is 51.3 Å². The highest BCUT2D eigenvalue weighted by molar-refractivity contribution is 6.06. The first-order chi connectivity index (χ1) is 16.9. The normalized spacial score (nSPS) is 11.3. The van der Waals surface area contributed by atoms with Gasteiger partial charge in [0.1, 0.15) is 35.6 Å². The molecule has 4 aromatic rings. The van der Waals surface area contributed by atoms with Gasteiger partial charge in [-0.3, -0.25) is 4.79 Å². The molecule has 4 rings (SSSR count). The molecule has 1 heterocycles. The highest BCUT2D eigenvalue weighted by Crippen LogP contribution is 2.28. The number of phenols is 1. The number of nitrogens with zero attached hydrogens (tertiary/aromatic N) is 5. The predicted octanol–water partition coefficient (Wildman–Crippen LogP) is -0.792. The average Bonchev–Trinajstić information content (AvgIpc) is 3.30. The molecule has 1 amide bonds. The number of aliphatic hydroxyl groups excluding tert-OH is 2. The second-order valence-electron chi connectivity index (χ2n) is 8.71. The van der Waals surface area contributed by atoms with Crippen molar-refractivity contribution in [1.29, 1.82) is 0 Å². The molecule has 0 aliphatic carbocycles. The Labute approximate surface area is 215 Å². The molecule has 36 heavy (non-hydrogen) atoms. The summed E-state index contributed by atoms with van der Waals surface area (Å²) in [7, 11) is 1.94. The van der Waals surface area contributed by atoms with E-state index in [1.54, 1.807) is 29.2 Å². The number of anilines is 1. The monoisotopic (exact) mass is 511 g/mol. The minimum Gasteiger partial charge on any atom is -1.00 e. The summed E-state index contributed by atoms with van der Waals surface area (Å²) in [5.41, 5.74) is 2.84. The summed E-state index contributed by atoms with van der Waals surface area (Å²) in [6.45, 7) is 1.72. The summed E-state index contributed by atoms with van der Waals surface area (Å²) < 4.78 is 0.405. The van der Waals surface area contributed by atoms with Gasteiger partial charge in [0.05, 0.1) is 33.4 Å². The number of benzene rings is 3. The van der Waals surface area contributed by atoms with E-state index < -0.39 is 0 Å². The summed E-state index contributed by atoms with van der Waals surface area (Å²) in [4.78, 5) is 16.6. The first-order valence-electron chi connectivity index (χ1n) is 11.5. The van der Waals surface area contributed by atoms with E-state index >= 15 is 0 Å². The van der Waals surface area contributed by atoms with E-state index in [0.717, 1.165) is 0 Å². The molecule has 0 fully saturated rings. The lowest BCUT2D eigenvalue weighted by molar-refractivity contribution is -0.908. The van der Waals surface area contributed by atoms with Crippen molar-refractivity contribution in [3.8, 4) is 11.4 Å². The van der Waals surface area contributed by atoms with Crippen LogP contribution < -0.4 is 17.3 Å². The van der Waals surface area contributed by atoms with Crippen LogP contribution in [0.25, 0.3) is 16.7 Å². The van der Waals surface area contributed by atoms with Crippen molar-refractivity contribution < 1.29 is 37.0 Å². The van der Waals surface area contributed by atoms with E-state index in [4.69, 9.17) is 0 Å². The molecule has 10 heteroatoms. The molecule has 9 nitrogen and oxygen atoms in total. The van der Waals surface area contributed by atoms with Gasteiger partial charge in [-0.1, -0.05) is 30.3 Å². The highest BCUT2D eigenvalue weighted by atomic mass is 35.5. The lowest BCUT2D eigenvalue weighted by atomic mass is 10.1. The third-order valence-electron chi connectivity index (χ3n) is 6.18. The maximum Gasteiger partial charge on any atom is 0.258 e. The van der Waals surface area contributed by atoms with Crippen LogP contribution in [0.4, 0.5) is 5.69 Å². The zero-order valence-electron chi connectivity index (χ0n) is 20.0. The standard InChI is InChI=1S/C26H29N5O4.ClH/c1-31(15-17-32,16-18-33)14-13-29(26(35)20-7-3-2-4-8-20)21-11-12-25(34)24(19-21)30-27-22-9-5-6-10-23(22)28-30;/h2-12,19,32-33H,13-18H2,1H3;1H.